The molecule has 6 heteroatoms. The van der Waals surface area contributed by atoms with Crippen molar-refractivity contribution in [3.8, 4) is 33.9 Å². The molecule has 0 amide bonds. The van der Waals surface area contributed by atoms with E-state index in [0.717, 1.165) is 34.7 Å². The van der Waals surface area contributed by atoms with Gasteiger partial charge in [0, 0.05) is 16.9 Å². The van der Waals surface area contributed by atoms with E-state index in [0.29, 0.717) is 5.13 Å². The number of hydrogen-bond donors (Lipinski definition) is 1. The van der Waals surface area contributed by atoms with Crippen LogP contribution in [0.15, 0.2) is 36.4 Å². The number of rotatable bonds is 3. The lowest BCUT2D eigenvalue weighted by atomic mass is 10.00. The predicted molar refractivity (Wildman–Crippen MR) is 109 cm³/mol. The number of benzene rings is 2. The van der Waals surface area contributed by atoms with E-state index in [4.69, 9.17) is 15.2 Å². The van der Waals surface area contributed by atoms with Gasteiger partial charge in [0.2, 0.25) is 0 Å². The van der Waals surface area contributed by atoms with Gasteiger partial charge in [-0.2, -0.15) is 0 Å². The Morgan fingerprint density at radius 3 is 2.46 bits per heavy atom. The molecule has 0 radical (unpaired) electrons. The molecule has 0 atom stereocenters. The monoisotopic (exact) mass is 452 g/mol. The molecule has 0 saturated heterocycles. The number of fused-ring (bicyclic) bond motifs is 3. The maximum Gasteiger partial charge on any atom is 0.180 e. The minimum atomic E-state index is 0. The first-order valence-electron chi connectivity index (χ1n) is 7.30. The van der Waals surface area contributed by atoms with Gasteiger partial charge in [0.25, 0.3) is 0 Å². The number of methoxy groups -OCH3 is 2. The fraction of sp³-hybridized carbons (Fsp3) is 0.167. The molecule has 1 aliphatic rings. The van der Waals surface area contributed by atoms with Crippen LogP contribution in [0.4, 0.5) is 5.13 Å². The van der Waals surface area contributed by atoms with Crippen LogP contribution in [0.25, 0.3) is 22.4 Å². The summed E-state index contributed by atoms with van der Waals surface area (Å²) in [5.41, 5.74) is 11.6. The Kier molecular flexibility index (Phi) is 4.69. The Balaban J connectivity index is 0.00000169. The molecule has 0 aliphatic heterocycles. The number of halogens is 1. The molecule has 0 bridgehead atoms. The lowest BCUT2D eigenvalue weighted by molar-refractivity contribution is 0.355. The zero-order valence-electron chi connectivity index (χ0n) is 13.3. The van der Waals surface area contributed by atoms with Crippen molar-refractivity contribution in [1.82, 2.24) is 4.98 Å². The highest BCUT2D eigenvalue weighted by molar-refractivity contribution is 14.0. The van der Waals surface area contributed by atoms with E-state index in [2.05, 4.69) is 23.2 Å². The maximum atomic E-state index is 5.81. The van der Waals surface area contributed by atoms with Crippen molar-refractivity contribution in [2.24, 2.45) is 0 Å². The van der Waals surface area contributed by atoms with Gasteiger partial charge in [-0.15, -0.1) is 35.3 Å². The second-order valence-electron chi connectivity index (χ2n) is 5.44. The quantitative estimate of drug-likeness (QED) is 0.462. The summed E-state index contributed by atoms with van der Waals surface area (Å²) in [6.45, 7) is 0. The second-order valence-corrected chi connectivity index (χ2v) is 6.56. The highest BCUT2D eigenvalue weighted by Gasteiger charge is 2.23. The van der Waals surface area contributed by atoms with E-state index in [1.54, 1.807) is 25.6 Å². The van der Waals surface area contributed by atoms with Crippen LogP contribution in [0.3, 0.4) is 0 Å². The molecular formula is C18H17IN2O2S. The molecule has 3 aromatic rings. The second kappa shape index (κ2) is 6.60. The number of nitrogens with two attached hydrogens (primary N) is 1. The van der Waals surface area contributed by atoms with E-state index >= 15 is 0 Å². The van der Waals surface area contributed by atoms with Crippen LogP contribution in [0, 0.1) is 0 Å². The third-order valence-electron chi connectivity index (χ3n) is 4.14. The molecular weight excluding hydrogens is 435 g/mol. The third kappa shape index (κ3) is 2.73. The number of nitrogen functional groups attached to an aromatic ring is 1. The molecule has 4 nitrogen and oxygen atoms in total. The smallest absolute Gasteiger partial charge is 0.180 e. The van der Waals surface area contributed by atoms with E-state index in [1.807, 2.05) is 18.2 Å². The van der Waals surface area contributed by atoms with Crippen molar-refractivity contribution in [1.29, 1.82) is 0 Å². The molecule has 4 rings (SSSR count). The summed E-state index contributed by atoms with van der Waals surface area (Å²) in [7, 11) is 3.29. The number of thiazole rings is 1. The maximum absolute atomic E-state index is 5.81. The van der Waals surface area contributed by atoms with E-state index in [9.17, 15) is 0 Å². The van der Waals surface area contributed by atoms with Crippen LogP contribution >= 0.6 is 35.3 Å². The number of nitrogens with zero attached hydrogens (tertiary/aromatic N) is 1. The van der Waals surface area contributed by atoms with E-state index < -0.39 is 0 Å². The average Bonchev–Trinajstić information content (AvgIpc) is 3.09. The molecule has 0 unspecified atom stereocenters. The van der Waals surface area contributed by atoms with Crippen LogP contribution in [0.1, 0.15) is 10.4 Å². The molecule has 1 aliphatic carbocycles. The Bertz CT molecular complexity index is 908. The van der Waals surface area contributed by atoms with Gasteiger partial charge in [-0.1, -0.05) is 24.3 Å². The van der Waals surface area contributed by atoms with Crippen LogP contribution < -0.4 is 15.2 Å². The molecule has 124 valence electrons. The van der Waals surface area contributed by atoms with Crippen molar-refractivity contribution in [3.63, 3.8) is 0 Å². The Labute approximate surface area is 161 Å². The van der Waals surface area contributed by atoms with Crippen LogP contribution in [0.5, 0.6) is 11.5 Å². The average molecular weight is 452 g/mol. The number of ether oxygens (including phenoxy) is 2. The van der Waals surface area contributed by atoms with Gasteiger partial charge in [0.05, 0.1) is 19.9 Å². The molecule has 2 aromatic carbocycles. The number of hydrogen-bond acceptors (Lipinski definition) is 5. The summed E-state index contributed by atoms with van der Waals surface area (Å²) in [6, 6.07) is 12.4. The van der Waals surface area contributed by atoms with Gasteiger partial charge < -0.3 is 15.2 Å². The highest BCUT2D eigenvalue weighted by atomic mass is 127. The lowest BCUT2D eigenvalue weighted by Crippen LogP contribution is -1.91. The predicted octanol–water partition coefficient (Wildman–Crippen LogP) is 4.60. The summed E-state index contributed by atoms with van der Waals surface area (Å²) in [6.07, 6.45) is 0.903. The summed E-state index contributed by atoms with van der Waals surface area (Å²) in [4.78, 5) is 5.70. The van der Waals surface area contributed by atoms with E-state index in [1.165, 1.54) is 16.0 Å². The Morgan fingerprint density at radius 2 is 1.71 bits per heavy atom. The normalized spacial score (nSPS) is 11.4. The first-order valence-corrected chi connectivity index (χ1v) is 8.12. The fourth-order valence-electron chi connectivity index (χ4n) is 3.04. The molecule has 0 saturated carbocycles. The zero-order chi connectivity index (χ0) is 16.0. The summed E-state index contributed by atoms with van der Waals surface area (Å²) < 4.78 is 10.7. The summed E-state index contributed by atoms with van der Waals surface area (Å²) in [5, 5.41) is 0.643. The molecule has 1 aromatic heterocycles. The lowest BCUT2D eigenvalue weighted by Gasteiger charge is -2.10. The summed E-state index contributed by atoms with van der Waals surface area (Å²) >= 11 is 1.58. The number of aromatic nitrogens is 1. The molecule has 24 heavy (non-hydrogen) atoms. The largest absolute Gasteiger partial charge is 0.493 e. The first-order chi connectivity index (χ1) is 11.2. The molecule has 2 N–H and O–H groups in total. The van der Waals surface area contributed by atoms with Gasteiger partial charge in [-0.05, 0) is 28.8 Å². The fourth-order valence-corrected chi connectivity index (χ4v) is 3.91. The minimum absolute atomic E-state index is 0. The minimum Gasteiger partial charge on any atom is -0.493 e. The standard InChI is InChI=1S/C18H16N2O2S.HI/c1-21-14-6-4-11(8-15(14)22-2)10-3-5-13-12(7-10)9-16-17(13)20-18(19)23-16;/h3-8H,9H2,1-2H3,(H2,19,20);1H. The van der Waals surface area contributed by atoms with E-state index in [-0.39, 0.29) is 24.0 Å². The SMILES string of the molecule is COc1ccc(-c2ccc3c(c2)Cc2sc(N)nc2-3)cc1OC.I. The highest BCUT2D eigenvalue weighted by Crippen LogP contribution is 2.42. The zero-order valence-corrected chi connectivity index (χ0v) is 16.5. The van der Waals surface area contributed by atoms with Gasteiger partial charge >= 0.3 is 0 Å². The molecule has 0 spiro atoms. The van der Waals surface area contributed by atoms with Gasteiger partial charge in [-0.25, -0.2) is 4.98 Å². The van der Waals surface area contributed by atoms with Gasteiger partial charge in [-0.3, -0.25) is 0 Å². The van der Waals surface area contributed by atoms with Crippen LogP contribution in [-0.2, 0) is 6.42 Å². The van der Waals surface area contributed by atoms with Gasteiger partial charge in [0.1, 0.15) is 0 Å². The third-order valence-corrected chi connectivity index (χ3v) is 5.03. The number of anilines is 1. The van der Waals surface area contributed by atoms with Crippen molar-refractivity contribution in [2.75, 3.05) is 20.0 Å². The van der Waals surface area contributed by atoms with Crippen LogP contribution in [0.2, 0.25) is 0 Å². The van der Waals surface area contributed by atoms with Gasteiger partial charge in [0.15, 0.2) is 16.6 Å². The van der Waals surface area contributed by atoms with Crippen molar-refractivity contribution < 1.29 is 9.47 Å². The Morgan fingerprint density at radius 1 is 1.00 bits per heavy atom. The molecule has 1 heterocycles. The van der Waals surface area contributed by atoms with Crippen molar-refractivity contribution in [3.05, 3.63) is 46.8 Å². The summed E-state index contributed by atoms with van der Waals surface area (Å²) in [5.74, 6) is 1.47. The van der Waals surface area contributed by atoms with Crippen molar-refractivity contribution >= 4 is 40.4 Å². The van der Waals surface area contributed by atoms with Crippen molar-refractivity contribution in [2.45, 2.75) is 6.42 Å². The van der Waals surface area contributed by atoms with Crippen LogP contribution in [-0.4, -0.2) is 19.2 Å². The molecule has 0 fully saturated rings. The topological polar surface area (TPSA) is 57.4 Å². The Hall–Kier alpha value is -1.80. The first kappa shape index (κ1) is 17.0.